The first-order chi connectivity index (χ1) is 9.07. The zero-order valence-corrected chi connectivity index (χ0v) is 12.2. The lowest BCUT2D eigenvalue weighted by atomic mass is 10.2. The quantitative estimate of drug-likeness (QED) is 0.897. The molecule has 1 aromatic carbocycles. The van der Waals surface area contributed by atoms with Crippen LogP contribution in [0.15, 0.2) is 29.2 Å². The van der Waals surface area contributed by atoms with Gasteiger partial charge in [-0.2, -0.15) is 4.31 Å². The molecule has 1 aromatic rings. The van der Waals surface area contributed by atoms with E-state index in [1.54, 1.807) is 16.4 Å². The van der Waals surface area contributed by atoms with Gasteiger partial charge in [0.05, 0.1) is 4.90 Å². The number of hydrogen-bond donors (Lipinski definition) is 1. The van der Waals surface area contributed by atoms with E-state index >= 15 is 0 Å². The number of nitrogens with two attached hydrogens (primary N) is 1. The average molecular weight is 282 g/mol. The van der Waals surface area contributed by atoms with Crippen LogP contribution in [-0.2, 0) is 10.0 Å². The van der Waals surface area contributed by atoms with Gasteiger partial charge < -0.3 is 5.73 Å². The highest BCUT2D eigenvalue weighted by Gasteiger charge is 2.33. The van der Waals surface area contributed by atoms with Crippen LogP contribution in [0.2, 0.25) is 0 Å². The maximum atomic E-state index is 12.8. The second-order valence-electron chi connectivity index (χ2n) is 5.11. The Labute approximate surface area is 115 Å². The molecule has 106 valence electrons. The number of rotatable bonds is 5. The predicted octanol–water partition coefficient (Wildman–Crippen LogP) is 1.89. The Morgan fingerprint density at radius 3 is 2.47 bits per heavy atom. The lowest BCUT2D eigenvalue weighted by Crippen LogP contribution is -2.42. The van der Waals surface area contributed by atoms with Crippen molar-refractivity contribution in [2.45, 2.75) is 43.5 Å². The first kappa shape index (κ1) is 14.5. The van der Waals surface area contributed by atoms with Gasteiger partial charge >= 0.3 is 0 Å². The van der Waals surface area contributed by atoms with Crippen LogP contribution in [0.1, 0.15) is 31.2 Å². The lowest BCUT2D eigenvalue weighted by molar-refractivity contribution is 0.328. The molecule has 1 aliphatic carbocycles. The number of nitrogens with zero attached hydrogens (tertiary/aromatic N) is 1. The van der Waals surface area contributed by atoms with E-state index in [0.29, 0.717) is 18.0 Å². The minimum atomic E-state index is -3.42. The summed E-state index contributed by atoms with van der Waals surface area (Å²) >= 11 is 0. The smallest absolute Gasteiger partial charge is 0.243 e. The van der Waals surface area contributed by atoms with E-state index in [2.05, 4.69) is 0 Å². The highest BCUT2D eigenvalue weighted by Crippen LogP contribution is 2.29. The second-order valence-corrected chi connectivity index (χ2v) is 6.97. The van der Waals surface area contributed by atoms with E-state index in [9.17, 15) is 8.42 Å². The molecule has 19 heavy (non-hydrogen) atoms. The number of benzene rings is 1. The molecule has 1 aliphatic rings. The molecule has 1 saturated carbocycles. The summed E-state index contributed by atoms with van der Waals surface area (Å²) in [6.07, 6.45) is 4.11. The Balaban J connectivity index is 2.36. The van der Waals surface area contributed by atoms with E-state index < -0.39 is 10.0 Å². The minimum Gasteiger partial charge on any atom is -0.329 e. The molecule has 0 saturated heterocycles. The zero-order chi connectivity index (χ0) is 13.9. The minimum absolute atomic E-state index is 0.119. The Kier molecular flexibility index (Phi) is 4.60. The van der Waals surface area contributed by atoms with E-state index in [4.69, 9.17) is 5.73 Å². The van der Waals surface area contributed by atoms with Crippen molar-refractivity contribution in [2.75, 3.05) is 13.1 Å². The van der Waals surface area contributed by atoms with E-state index in [1.807, 2.05) is 19.1 Å². The van der Waals surface area contributed by atoms with Crippen molar-refractivity contribution in [3.63, 3.8) is 0 Å². The molecule has 0 spiro atoms. The van der Waals surface area contributed by atoms with Crippen LogP contribution < -0.4 is 5.73 Å². The molecule has 0 unspecified atom stereocenters. The molecule has 0 bridgehead atoms. The first-order valence-electron chi connectivity index (χ1n) is 6.85. The Hall–Kier alpha value is -0.910. The summed E-state index contributed by atoms with van der Waals surface area (Å²) < 4.78 is 27.2. The van der Waals surface area contributed by atoms with Crippen molar-refractivity contribution in [3.05, 3.63) is 29.8 Å². The third-order valence-corrected chi connectivity index (χ3v) is 5.87. The van der Waals surface area contributed by atoms with Gasteiger partial charge in [-0.15, -0.1) is 0 Å². The van der Waals surface area contributed by atoms with Gasteiger partial charge in [0.15, 0.2) is 0 Å². The van der Waals surface area contributed by atoms with Gasteiger partial charge in [0.25, 0.3) is 0 Å². The second kappa shape index (κ2) is 6.03. The molecular weight excluding hydrogens is 260 g/mol. The fourth-order valence-corrected chi connectivity index (χ4v) is 4.72. The van der Waals surface area contributed by atoms with Gasteiger partial charge in [-0.25, -0.2) is 8.42 Å². The van der Waals surface area contributed by atoms with E-state index in [-0.39, 0.29) is 6.04 Å². The Morgan fingerprint density at radius 2 is 1.89 bits per heavy atom. The first-order valence-corrected chi connectivity index (χ1v) is 8.29. The molecule has 0 amide bonds. The molecule has 1 fully saturated rings. The lowest BCUT2D eigenvalue weighted by Gasteiger charge is -2.28. The molecule has 5 heteroatoms. The third-order valence-electron chi connectivity index (χ3n) is 3.76. The number of hydrogen-bond acceptors (Lipinski definition) is 3. The Morgan fingerprint density at radius 1 is 1.26 bits per heavy atom. The third kappa shape index (κ3) is 2.99. The van der Waals surface area contributed by atoms with Crippen molar-refractivity contribution in [1.29, 1.82) is 0 Å². The van der Waals surface area contributed by atoms with Crippen molar-refractivity contribution >= 4 is 10.0 Å². The molecule has 4 nitrogen and oxygen atoms in total. The molecule has 2 N–H and O–H groups in total. The fourth-order valence-electron chi connectivity index (χ4n) is 2.79. The van der Waals surface area contributed by atoms with Gasteiger partial charge in [0.1, 0.15) is 0 Å². The largest absolute Gasteiger partial charge is 0.329 e. The van der Waals surface area contributed by atoms with Crippen LogP contribution in [0.3, 0.4) is 0 Å². The standard InChI is InChI=1S/C14H22N2O2S/c1-12-6-2-5-9-14(12)19(17,18)16(11-10-15)13-7-3-4-8-13/h2,5-6,9,13H,3-4,7-8,10-11,15H2,1H3. The predicted molar refractivity (Wildman–Crippen MR) is 76.4 cm³/mol. The molecule has 0 radical (unpaired) electrons. The maximum absolute atomic E-state index is 12.8. The molecule has 0 aromatic heterocycles. The number of aryl methyl sites for hydroxylation is 1. The van der Waals surface area contributed by atoms with Crippen LogP contribution in [0.4, 0.5) is 0 Å². The van der Waals surface area contributed by atoms with Crippen LogP contribution in [0.5, 0.6) is 0 Å². The van der Waals surface area contributed by atoms with E-state index in [1.165, 1.54) is 0 Å². The van der Waals surface area contributed by atoms with Crippen molar-refractivity contribution in [3.8, 4) is 0 Å². The van der Waals surface area contributed by atoms with Crippen LogP contribution >= 0.6 is 0 Å². The molecule has 0 atom stereocenters. The van der Waals surface area contributed by atoms with Crippen molar-refractivity contribution in [1.82, 2.24) is 4.31 Å². The summed E-state index contributed by atoms with van der Waals surface area (Å²) in [4.78, 5) is 0.412. The highest BCUT2D eigenvalue weighted by atomic mass is 32.2. The zero-order valence-electron chi connectivity index (χ0n) is 11.4. The summed E-state index contributed by atoms with van der Waals surface area (Å²) in [5, 5.41) is 0. The van der Waals surface area contributed by atoms with Crippen molar-refractivity contribution in [2.24, 2.45) is 5.73 Å². The maximum Gasteiger partial charge on any atom is 0.243 e. The van der Waals surface area contributed by atoms with Gasteiger partial charge in [0, 0.05) is 19.1 Å². The van der Waals surface area contributed by atoms with E-state index in [0.717, 1.165) is 31.2 Å². The monoisotopic (exact) mass is 282 g/mol. The highest BCUT2D eigenvalue weighted by molar-refractivity contribution is 7.89. The summed E-state index contributed by atoms with van der Waals surface area (Å²) in [5.41, 5.74) is 6.40. The SMILES string of the molecule is Cc1ccccc1S(=O)(=O)N(CCN)C1CCCC1. The molecule has 0 aliphatic heterocycles. The van der Waals surface area contributed by atoms with Crippen LogP contribution in [0, 0.1) is 6.92 Å². The molecule has 2 rings (SSSR count). The molecular formula is C14H22N2O2S. The summed E-state index contributed by atoms with van der Waals surface area (Å²) in [6, 6.07) is 7.27. The van der Waals surface area contributed by atoms with Gasteiger partial charge in [-0.1, -0.05) is 31.0 Å². The average Bonchev–Trinajstić information content (AvgIpc) is 2.89. The van der Waals surface area contributed by atoms with Crippen LogP contribution in [-0.4, -0.2) is 31.9 Å². The molecule has 0 heterocycles. The Bertz CT molecular complexity index is 522. The summed E-state index contributed by atoms with van der Waals surface area (Å²) in [5.74, 6) is 0. The topological polar surface area (TPSA) is 63.4 Å². The normalized spacial score (nSPS) is 17.2. The van der Waals surface area contributed by atoms with Gasteiger partial charge in [-0.05, 0) is 31.4 Å². The fraction of sp³-hybridized carbons (Fsp3) is 0.571. The summed E-state index contributed by atoms with van der Waals surface area (Å²) in [6.45, 7) is 2.60. The van der Waals surface area contributed by atoms with Crippen molar-refractivity contribution < 1.29 is 8.42 Å². The van der Waals surface area contributed by atoms with Gasteiger partial charge in [0.2, 0.25) is 10.0 Å². The number of sulfonamides is 1. The van der Waals surface area contributed by atoms with Crippen LogP contribution in [0.25, 0.3) is 0 Å². The summed E-state index contributed by atoms with van der Waals surface area (Å²) in [7, 11) is -3.42. The van der Waals surface area contributed by atoms with Gasteiger partial charge in [-0.3, -0.25) is 0 Å².